The zero-order valence-electron chi connectivity index (χ0n) is 14.4. The van der Waals surface area contributed by atoms with Crippen molar-refractivity contribution in [2.24, 2.45) is 5.73 Å². The van der Waals surface area contributed by atoms with Gasteiger partial charge in [0.05, 0.1) is 11.4 Å². The maximum absolute atomic E-state index is 12.7. The van der Waals surface area contributed by atoms with Crippen molar-refractivity contribution in [1.29, 1.82) is 0 Å². The molecule has 0 aromatic heterocycles. The van der Waals surface area contributed by atoms with Gasteiger partial charge in [-0.25, -0.2) is 0 Å². The van der Waals surface area contributed by atoms with Gasteiger partial charge in [0.25, 0.3) is 17.6 Å². The highest BCUT2D eigenvalue weighted by molar-refractivity contribution is 6.08. The first-order valence-corrected chi connectivity index (χ1v) is 7.43. The van der Waals surface area contributed by atoms with Crippen LogP contribution in [0.25, 0.3) is 0 Å². The minimum atomic E-state index is -5.12. The molecule has 25 heavy (non-hydrogen) atoms. The van der Waals surface area contributed by atoms with Crippen LogP contribution in [0.4, 0.5) is 13.2 Å². The Labute approximate surface area is 143 Å². The summed E-state index contributed by atoms with van der Waals surface area (Å²) in [6, 6.07) is 0. The lowest BCUT2D eigenvalue weighted by Crippen LogP contribution is -2.41. The Morgan fingerprint density at radius 1 is 1.12 bits per heavy atom. The van der Waals surface area contributed by atoms with Crippen LogP contribution in [-0.4, -0.2) is 35.2 Å². The van der Waals surface area contributed by atoms with Gasteiger partial charge in [0.2, 0.25) is 0 Å². The molecule has 1 aliphatic heterocycles. The van der Waals surface area contributed by atoms with Gasteiger partial charge in [-0.2, -0.15) is 13.2 Å². The number of nitrogens with zero attached hydrogens (tertiary/aromatic N) is 1. The second-order valence-corrected chi connectivity index (χ2v) is 5.90. The van der Waals surface area contributed by atoms with Gasteiger partial charge in [-0.05, 0) is 45.3 Å². The van der Waals surface area contributed by atoms with Gasteiger partial charge in [-0.1, -0.05) is 6.08 Å². The maximum atomic E-state index is 12.7. The highest BCUT2D eigenvalue weighted by Gasteiger charge is 2.42. The maximum Gasteiger partial charge on any atom is 0.456 e. The minimum Gasteiger partial charge on any atom is -0.394 e. The minimum absolute atomic E-state index is 0.00374. The van der Waals surface area contributed by atoms with E-state index in [2.05, 4.69) is 0 Å². The first kappa shape index (κ1) is 20.5. The monoisotopic (exact) mass is 359 g/mol. The van der Waals surface area contributed by atoms with Gasteiger partial charge in [-0.15, -0.1) is 0 Å². The van der Waals surface area contributed by atoms with E-state index in [0.717, 1.165) is 4.90 Å². The Hall–Kier alpha value is -2.58. The van der Waals surface area contributed by atoms with E-state index in [-0.39, 0.29) is 23.5 Å². The number of hydrogen-bond acceptors (Lipinski definition) is 4. The van der Waals surface area contributed by atoms with E-state index in [1.165, 1.54) is 19.9 Å². The highest BCUT2D eigenvalue weighted by Crippen LogP contribution is 2.23. The largest absolute Gasteiger partial charge is 0.456 e. The molecule has 138 valence electrons. The number of carbonyl (C=O) groups excluding carboxylic acids is 3. The zero-order valence-corrected chi connectivity index (χ0v) is 14.4. The first-order valence-electron chi connectivity index (χ1n) is 7.43. The van der Waals surface area contributed by atoms with Gasteiger partial charge in [0.15, 0.2) is 0 Å². The van der Waals surface area contributed by atoms with Gasteiger partial charge >= 0.3 is 6.18 Å². The van der Waals surface area contributed by atoms with E-state index < -0.39 is 29.5 Å². The molecule has 2 amide bonds. The Morgan fingerprint density at radius 2 is 1.68 bits per heavy atom. The van der Waals surface area contributed by atoms with Gasteiger partial charge in [-0.3, -0.25) is 14.4 Å². The number of ketones is 1. The van der Waals surface area contributed by atoms with E-state index in [0.29, 0.717) is 12.0 Å². The molecular weight excluding hydrogens is 339 g/mol. The van der Waals surface area contributed by atoms with E-state index in [1.807, 2.05) is 5.32 Å². The average Bonchev–Trinajstić information content (AvgIpc) is 2.98. The number of nitrogens with one attached hydrogen (secondary N) is 1. The van der Waals surface area contributed by atoms with Gasteiger partial charge < -0.3 is 16.0 Å². The van der Waals surface area contributed by atoms with E-state index in [9.17, 15) is 27.6 Å². The summed E-state index contributed by atoms with van der Waals surface area (Å²) in [6.45, 7) is 5.96. The second-order valence-electron chi connectivity index (χ2n) is 5.90. The first-order chi connectivity index (χ1) is 11.4. The smallest absolute Gasteiger partial charge is 0.394 e. The quantitative estimate of drug-likeness (QED) is 0.750. The molecule has 0 aromatic rings. The lowest BCUT2D eigenvalue weighted by molar-refractivity contribution is -0.167. The lowest BCUT2D eigenvalue weighted by atomic mass is 10.1. The van der Waals surface area contributed by atoms with Crippen molar-refractivity contribution in [3.05, 3.63) is 34.3 Å². The fourth-order valence-electron chi connectivity index (χ4n) is 2.07. The third kappa shape index (κ3) is 4.71. The number of amides is 2. The van der Waals surface area contributed by atoms with Crippen LogP contribution in [0.3, 0.4) is 0 Å². The van der Waals surface area contributed by atoms with Crippen molar-refractivity contribution < 1.29 is 27.6 Å². The van der Waals surface area contributed by atoms with Crippen molar-refractivity contribution >= 4 is 17.6 Å². The number of rotatable bonds is 4. The molecule has 0 aromatic carbocycles. The normalized spacial score (nSPS) is 13.9. The van der Waals surface area contributed by atoms with Crippen LogP contribution in [-0.2, 0) is 14.4 Å². The summed E-state index contributed by atoms with van der Waals surface area (Å²) in [5.41, 5.74) is 5.18. The predicted octanol–water partition coefficient (Wildman–Crippen LogP) is 1.90. The average molecular weight is 359 g/mol. The number of allylic oxidation sites excluding steroid dienone is 3. The number of nitrogens with two attached hydrogens (primary N) is 1. The van der Waals surface area contributed by atoms with Gasteiger partial charge in [0, 0.05) is 6.54 Å². The van der Waals surface area contributed by atoms with Crippen molar-refractivity contribution in [3.63, 3.8) is 0 Å². The van der Waals surface area contributed by atoms with Crippen molar-refractivity contribution in [2.75, 3.05) is 6.54 Å². The molecule has 6 nitrogen and oxygen atoms in total. The summed E-state index contributed by atoms with van der Waals surface area (Å²) in [4.78, 5) is 37.1. The topological polar surface area (TPSA) is 92.5 Å². The Morgan fingerprint density at radius 3 is 2.12 bits per heavy atom. The molecule has 0 unspecified atom stereocenters. The molecule has 1 rings (SSSR count). The van der Waals surface area contributed by atoms with Crippen molar-refractivity contribution in [2.45, 2.75) is 40.3 Å². The number of Topliss-reactive ketones (excluding diaryl/α,β-unsaturated/α-hetero) is 1. The van der Waals surface area contributed by atoms with Crippen LogP contribution in [0, 0.1) is 0 Å². The second kappa shape index (κ2) is 7.54. The molecule has 1 aliphatic rings. The van der Waals surface area contributed by atoms with Crippen LogP contribution >= 0.6 is 0 Å². The third-order valence-corrected chi connectivity index (χ3v) is 3.45. The summed E-state index contributed by atoms with van der Waals surface area (Å²) in [6.07, 6.45) is -3.36. The molecule has 0 atom stereocenters. The SMILES string of the molecule is CC(C)=C(N)C(=O)N1CCC=C1C(=O)NC(C(=O)C(F)(F)F)=C(C)C. The Bertz CT molecular complexity index is 695. The summed E-state index contributed by atoms with van der Waals surface area (Å²) in [5.74, 6) is -3.73. The lowest BCUT2D eigenvalue weighted by Gasteiger charge is -2.21. The van der Waals surface area contributed by atoms with Crippen LogP contribution in [0.15, 0.2) is 34.3 Å². The number of carbonyl (C=O) groups is 3. The summed E-state index contributed by atoms with van der Waals surface area (Å²) in [7, 11) is 0. The number of halogens is 3. The molecule has 9 heteroatoms. The van der Waals surface area contributed by atoms with Crippen LogP contribution < -0.4 is 11.1 Å². The van der Waals surface area contributed by atoms with Crippen LogP contribution in [0.5, 0.6) is 0 Å². The third-order valence-electron chi connectivity index (χ3n) is 3.45. The molecule has 0 saturated heterocycles. The number of alkyl halides is 3. The Balaban J connectivity index is 3.07. The van der Waals surface area contributed by atoms with Crippen molar-refractivity contribution in [1.82, 2.24) is 10.2 Å². The van der Waals surface area contributed by atoms with Gasteiger partial charge in [0.1, 0.15) is 5.70 Å². The fraction of sp³-hybridized carbons (Fsp3) is 0.438. The van der Waals surface area contributed by atoms with E-state index >= 15 is 0 Å². The predicted molar refractivity (Wildman–Crippen MR) is 84.6 cm³/mol. The molecule has 0 spiro atoms. The zero-order chi connectivity index (χ0) is 19.5. The number of hydrogen-bond donors (Lipinski definition) is 2. The molecule has 0 aliphatic carbocycles. The summed E-state index contributed by atoms with van der Waals surface area (Å²) < 4.78 is 38.0. The van der Waals surface area contributed by atoms with E-state index in [1.54, 1.807) is 13.8 Å². The molecule has 1 heterocycles. The van der Waals surface area contributed by atoms with Crippen LogP contribution in [0.2, 0.25) is 0 Å². The standard InChI is InChI=1S/C16H20F3N3O3/c1-8(2)11(20)15(25)22-7-5-6-10(22)14(24)21-12(9(3)4)13(23)16(17,18)19/h6H,5,7,20H2,1-4H3,(H,21,24). The molecule has 0 bridgehead atoms. The van der Waals surface area contributed by atoms with Crippen LogP contribution in [0.1, 0.15) is 34.1 Å². The molecule has 0 fully saturated rings. The molecular formula is C16H20F3N3O3. The fourth-order valence-corrected chi connectivity index (χ4v) is 2.07. The molecule has 0 saturated carbocycles. The Kier molecular flexibility index (Phi) is 6.17. The van der Waals surface area contributed by atoms with E-state index in [4.69, 9.17) is 5.73 Å². The summed E-state index contributed by atoms with van der Waals surface area (Å²) >= 11 is 0. The highest BCUT2D eigenvalue weighted by atomic mass is 19.4. The van der Waals surface area contributed by atoms with Crippen molar-refractivity contribution in [3.8, 4) is 0 Å². The molecule has 3 N–H and O–H groups in total. The molecule has 0 radical (unpaired) electrons. The summed E-state index contributed by atoms with van der Waals surface area (Å²) in [5, 5.41) is 1.97.